The summed E-state index contributed by atoms with van der Waals surface area (Å²) >= 11 is 1.93. The topological polar surface area (TPSA) is 29.1 Å². The van der Waals surface area contributed by atoms with Crippen LogP contribution < -0.4 is 10.8 Å². The summed E-state index contributed by atoms with van der Waals surface area (Å²) in [6, 6.07) is 5.77. The van der Waals surface area contributed by atoms with Crippen LogP contribution in [0.2, 0.25) is 0 Å². The molecule has 2 heterocycles. The predicted octanol–water partition coefficient (Wildman–Crippen LogP) is 1.20. The van der Waals surface area contributed by atoms with Gasteiger partial charge in [-0.05, 0) is 36.0 Å². The molecule has 1 amide bonds. The molecule has 2 nitrogen and oxygen atoms in total. The smallest absolute Gasteiger partial charge is 0.235 e. The number of benzene rings is 1. The van der Waals surface area contributed by atoms with E-state index >= 15 is 0 Å². The summed E-state index contributed by atoms with van der Waals surface area (Å²) in [4.78, 5) is 12.2. The van der Waals surface area contributed by atoms with Crippen molar-refractivity contribution < 1.29 is 4.79 Å². The second-order valence-corrected chi connectivity index (χ2v) is 5.68. The van der Waals surface area contributed by atoms with E-state index in [4.69, 9.17) is 7.85 Å². The molecule has 0 unspecified atom stereocenters. The van der Waals surface area contributed by atoms with Crippen LogP contribution in [0.4, 0.5) is 5.69 Å². The Balaban J connectivity index is 2.11. The number of thioether (sulfide) groups is 1. The van der Waals surface area contributed by atoms with Gasteiger partial charge in [-0.1, -0.05) is 17.6 Å². The maximum absolute atomic E-state index is 12.2. The molecule has 0 atom stereocenters. The zero-order valence-corrected chi connectivity index (χ0v) is 9.77. The Bertz CT molecular complexity index is 454. The fourth-order valence-electron chi connectivity index (χ4n) is 2.66. The molecule has 0 aromatic heterocycles. The summed E-state index contributed by atoms with van der Waals surface area (Å²) in [7, 11) is 5.74. The minimum Gasteiger partial charge on any atom is -0.325 e. The van der Waals surface area contributed by atoms with Crippen LogP contribution in [0.15, 0.2) is 18.2 Å². The van der Waals surface area contributed by atoms with Gasteiger partial charge in [-0.15, -0.1) is 0 Å². The third-order valence-corrected chi connectivity index (χ3v) is 4.57. The van der Waals surface area contributed by atoms with Gasteiger partial charge in [0, 0.05) is 5.69 Å². The Morgan fingerprint density at radius 3 is 2.81 bits per heavy atom. The zero-order chi connectivity index (χ0) is 11.2. The van der Waals surface area contributed by atoms with Crippen molar-refractivity contribution in [2.45, 2.75) is 18.3 Å². The van der Waals surface area contributed by atoms with Gasteiger partial charge in [0.15, 0.2) is 0 Å². The fraction of sp³-hybridized carbons (Fsp3) is 0.417. The lowest BCUT2D eigenvalue weighted by Gasteiger charge is -2.31. The average molecular weight is 229 g/mol. The van der Waals surface area contributed by atoms with Crippen LogP contribution in [0, 0.1) is 0 Å². The Labute approximate surface area is 101 Å². The van der Waals surface area contributed by atoms with E-state index in [0.29, 0.717) is 5.46 Å². The van der Waals surface area contributed by atoms with Crippen LogP contribution >= 0.6 is 11.8 Å². The maximum Gasteiger partial charge on any atom is 0.235 e. The molecule has 1 saturated heterocycles. The standard InChI is InChI=1S/C12H12BNOS/c13-8-1-2-9-10(7-8)14-11(15)12(9)3-5-16-6-4-12/h1-2,7H,3-6H2,(H,14,15). The van der Waals surface area contributed by atoms with E-state index in [1.54, 1.807) is 0 Å². The summed E-state index contributed by atoms with van der Waals surface area (Å²) < 4.78 is 0. The summed E-state index contributed by atoms with van der Waals surface area (Å²) in [6.45, 7) is 0. The van der Waals surface area contributed by atoms with Gasteiger partial charge in [-0.3, -0.25) is 4.79 Å². The number of hydrogen-bond donors (Lipinski definition) is 1. The molecule has 2 aliphatic rings. The van der Waals surface area contributed by atoms with Crippen molar-refractivity contribution in [3.05, 3.63) is 23.8 Å². The lowest BCUT2D eigenvalue weighted by molar-refractivity contribution is -0.121. The van der Waals surface area contributed by atoms with Crippen molar-refractivity contribution in [2.24, 2.45) is 0 Å². The molecule has 0 bridgehead atoms. The highest BCUT2D eigenvalue weighted by molar-refractivity contribution is 7.99. The van der Waals surface area contributed by atoms with Crippen LogP contribution in [-0.2, 0) is 10.2 Å². The van der Waals surface area contributed by atoms with Gasteiger partial charge < -0.3 is 5.32 Å². The number of amides is 1. The van der Waals surface area contributed by atoms with Crippen molar-refractivity contribution >= 4 is 36.7 Å². The van der Waals surface area contributed by atoms with Crippen LogP contribution in [0.3, 0.4) is 0 Å². The highest BCUT2D eigenvalue weighted by Gasteiger charge is 2.47. The molecule has 1 fully saturated rings. The number of carbonyl (C=O) groups excluding carboxylic acids is 1. The van der Waals surface area contributed by atoms with Gasteiger partial charge in [0.25, 0.3) is 0 Å². The molecular formula is C12H12BNOS. The van der Waals surface area contributed by atoms with E-state index in [0.717, 1.165) is 35.6 Å². The van der Waals surface area contributed by atoms with E-state index < -0.39 is 0 Å². The molecule has 3 rings (SSSR count). The van der Waals surface area contributed by atoms with Crippen molar-refractivity contribution in [1.29, 1.82) is 0 Å². The monoisotopic (exact) mass is 229 g/mol. The van der Waals surface area contributed by atoms with Crippen LogP contribution in [0.1, 0.15) is 18.4 Å². The number of rotatable bonds is 0. The third kappa shape index (κ3) is 1.32. The third-order valence-electron chi connectivity index (χ3n) is 3.59. The Morgan fingerprint density at radius 1 is 1.31 bits per heavy atom. The number of fused-ring (bicyclic) bond motifs is 2. The van der Waals surface area contributed by atoms with Gasteiger partial charge in [-0.25, -0.2) is 0 Å². The first-order valence-corrected chi connectivity index (χ1v) is 6.67. The van der Waals surface area contributed by atoms with Crippen molar-refractivity contribution in [3.63, 3.8) is 0 Å². The number of nitrogens with one attached hydrogen (secondary N) is 1. The highest BCUT2D eigenvalue weighted by atomic mass is 32.2. The maximum atomic E-state index is 12.2. The van der Waals surface area contributed by atoms with Gasteiger partial charge in [0.2, 0.25) is 5.91 Å². The van der Waals surface area contributed by atoms with Gasteiger partial charge in [-0.2, -0.15) is 11.8 Å². The molecule has 16 heavy (non-hydrogen) atoms. The second kappa shape index (κ2) is 3.55. The van der Waals surface area contributed by atoms with E-state index in [1.165, 1.54) is 0 Å². The molecule has 1 spiro atoms. The van der Waals surface area contributed by atoms with Crippen LogP contribution in [-0.4, -0.2) is 25.3 Å². The first-order chi connectivity index (χ1) is 7.72. The Morgan fingerprint density at radius 2 is 2.06 bits per heavy atom. The Hall–Kier alpha value is -0.895. The van der Waals surface area contributed by atoms with E-state index in [1.807, 2.05) is 30.0 Å². The normalized spacial score (nSPS) is 21.9. The molecule has 0 aliphatic carbocycles. The quantitative estimate of drug-likeness (QED) is 0.677. The van der Waals surface area contributed by atoms with E-state index in [9.17, 15) is 4.79 Å². The van der Waals surface area contributed by atoms with Crippen molar-refractivity contribution in [1.82, 2.24) is 0 Å². The van der Waals surface area contributed by atoms with Crippen LogP contribution in [0.25, 0.3) is 0 Å². The molecule has 80 valence electrons. The van der Waals surface area contributed by atoms with Crippen molar-refractivity contribution in [2.75, 3.05) is 16.8 Å². The molecule has 1 N–H and O–H groups in total. The predicted molar refractivity (Wildman–Crippen MR) is 68.7 cm³/mol. The fourth-order valence-corrected chi connectivity index (χ4v) is 3.85. The Kier molecular flexibility index (Phi) is 2.28. The summed E-state index contributed by atoms with van der Waals surface area (Å²) in [5.41, 5.74) is 2.50. The zero-order valence-electron chi connectivity index (χ0n) is 8.95. The lowest BCUT2D eigenvalue weighted by atomic mass is 9.76. The number of anilines is 1. The average Bonchev–Trinajstić information content (AvgIpc) is 2.53. The highest BCUT2D eigenvalue weighted by Crippen LogP contribution is 2.45. The number of carbonyl (C=O) groups is 1. The molecule has 2 radical (unpaired) electrons. The molecule has 2 aliphatic heterocycles. The van der Waals surface area contributed by atoms with Crippen molar-refractivity contribution in [3.8, 4) is 0 Å². The van der Waals surface area contributed by atoms with Gasteiger partial charge >= 0.3 is 0 Å². The first kappa shape index (κ1) is 10.3. The minimum absolute atomic E-state index is 0.161. The summed E-state index contributed by atoms with van der Waals surface area (Å²) in [5.74, 6) is 2.29. The van der Waals surface area contributed by atoms with Gasteiger partial charge in [0.05, 0.1) is 5.41 Å². The molecular weight excluding hydrogens is 217 g/mol. The first-order valence-electron chi connectivity index (χ1n) is 5.52. The summed E-state index contributed by atoms with van der Waals surface area (Å²) in [6.07, 6.45) is 1.89. The molecule has 1 aromatic rings. The molecule has 0 saturated carbocycles. The largest absolute Gasteiger partial charge is 0.325 e. The van der Waals surface area contributed by atoms with E-state index in [-0.39, 0.29) is 11.3 Å². The number of hydrogen-bond acceptors (Lipinski definition) is 2. The second-order valence-electron chi connectivity index (χ2n) is 4.45. The lowest BCUT2D eigenvalue weighted by Crippen LogP contribution is -2.37. The molecule has 1 aromatic carbocycles. The van der Waals surface area contributed by atoms with E-state index in [2.05, 4.69) is 5.32 Å². The minimum atomic E-state index is -0.270. The summed E-state index contributed by atoms with van der Waals surface area (Å²) in [5, 5.41) is 2.97. The van der Waals surface area contributed by atoms with Crippen LogP contribution in [0.5, 0.6) is 0 Å². The van der Waals surface area contributed by atoms with Gasteiger partial charge in [0.1, 0.15) is 7.85 Å². The molecule has 4 heteroatoms. The SMILES string of the molecule is [B]c1ccc2c(c1)NC(=O)C21CCSCC1.